The summed E-state index contributed by atoms with van der Waals surface area (Å²) >= 11 is 0. The van der Waals surface area contributed by atoms with Crippen molar-refractivity contribution in [1.82, 2.24) is 9.80 Å². The third-order valence-corrected chi connectivity index (χ3v) is 6.27. The van der Waals surface area contributed by atoms with Crippen molar-refractivity contribution in [3.05, 3.63) is 59.7 Å². The van der Waals surface area contributed by atoms with E-state index in [0.717, 1.165) is 17.0 Å². The molecule has 1 saturated heterocycles. The second-order valence-corrected chi connectivity index (χ2v) is 8.60. The molecule has 0 aromatic heterocycles. The summed E-state index contributed by atoms with van der Waals surface area (Å²) in [5.41, 5.74) is 2.31. The first kappa shape index (κ1) is 21.9. The quantitative estimate of drug-likeness (QED) is 0.676. The van der Waals surface area contributed by atoms with Crippen molar-refractivity contribution in [1.29, 1.82) is 0 Å². The third-order valence-electron chi connectivity index (χ3n) is 6.27. The van der Waals surface area contributed by atoms with Crippen LogP contribution >= 0.6 is 0 Å². The van der Waals surface area contributed by atoms with E-state index in [2.05, 4.69) is 4.90 Å². The summed E-state index contributed by atoms with van der Waals surface area (Å²) in [6.45, 7) is 6.23. The molecule has 1 fully saturated rings. The van der Waals surface area contributed by atoms with E-state index in [4.69, 9.17) is 4.74 Å². The van der Waals surface area contributed by atoms with Crippen LogP contribution < -0.4 is 9.64 Å². The smallest absolute Gasteiger partial charge is 0.261 e. The second-order valence-electron chi connectivity index (χ2n) is 8.60. The van der Waals surface area contributed by atoms with Gasteiger partial charge in [0.15, 0.2) is 0 Å². The first-order valence-corrected chi connectivity index (χ1v) is 11.0. The highest BCUT2D eigenvalue weighted by molar-refractivity contribution is 6.12. The molecular weight excluding hydrogens is 406 g/mol. The molecule has 0 spiro atoms. The summed E-state index contributed by atoms with van der Waals surface area (Å²) in [5.74, 6) is -0.214. The number of hydrogen-bond acceptors (Lipinski definition) is 5. The number of benzene rings is 2. The van der Waals surface area contributed by atoms with E-state index in [0.29, 0.717) is 31.7 Å². The van der Waals surface area contributed by atoms with Crippen LogP contribution in [-0.4, -0.2) is 66.9 Å². The van der Waals surface area contributed by atoms with E-state index in [9.17, 15) is 14.4 Å². The zero-order chi connectivity index (χ0) is 22.8. The second kappa shape index (κ2) is 9.02. The molecule has 7 nitrogen and oxygen atoms in total. The zero-order valence-corrected chi connectivity index (χ0v) is 18.8. The Kier molecular flexibility index (Phi) is 6.17. The zero-order valence-electron chi connectivity index (χ0n) is 18.8. The lowest BCUT2D eigenvalue weighted by Crippen LogP contribution is -2.60. The Morgan fingerprint density at radius 1 is 0.938 bits per heavy atom. The van der Waals surface area contributed by atoms with Crippen molar-refractivity contribution in [2.24, 2.45) is 5.92 Å². The first-order chi connectivity index (χ1) is 15.4. The van der Waals surface area contributed by atoms with Crippen molar-refractivity contribution in [2.45, 2.75) is 26.3 Å². The number of amides is 3. The Morgan fingerprint density at radius 2 is 1.59 bits per heavy atom. The molecule has 168 valence electrons. The van der Waals surface area contributed by atoms with Gasteiger partial charge in [0.2, 0.25) is 11.8 Å². The topological polar surface area (TPSA) is 70.2 Å². The van der Waals surface area contributed by atoms with Crippen molar-refractivity contribution in [3.63, 3.8) is 0 Å². The number of rotatable bonds is 5. The highest BCUT2D eigenvalue weighted by Crippen LogP contribution is 2.26. The molecule has 1 unspecified atom stereocenters. The van der Waals surface area contributed by atoms with Gasteiger partial charge in [-0.25, -0.2) is 0 Å². The lowest BCUT2D eigenvalue weighted by Gasteiger charge is -2.41. The third kappa shape index (κ3) is 4.07. The maximum Gasteiger partial charge on any atom is 0.261 e. The van der Waals surface area contributed by atoms with Gasteiger partial charge in [-0.05, 0) is 41.8 Å². The molecule has 7 heteroatoms. The van der Waals surface area contributed by atoms with E-state index in [1.54, 1.807) is 30.2 Å². The van der Waals surface area contributed by atoms with Crippen LogP contribution in [0.4, 0.5) is 5.69 Å². The molecule has 2 aliphatic heterocycles. The molecule has 0 radical (unpaired) electrons. The largest absolute Gasteiger partial charge is 0.497 e. The predicted octanol–water partition coefficient (Wildman–Crippen LogP) is 2.59. The molecule has 0 bridgehead atoms. The molecule has 4 rings (SSSR count). The van der Waals surface area contributed by atoms with Crippen LogP contribution in [0, 0.1) is 5.92 Å². The van der Waals surface area contributed by atoms with E-state index in [1.165, 1.54) is 4.90 Å². The van der Waals surface area contributed by atoms with Crippen molar-refractivity contribution in [2.75, 3.05) is 38.2 Å². The number of carbonyl (C=O) groups excluding carboxylic acids is 3. The molecule has 2 aliphatic rings. The number of carbonyl (C=O) groups is 3. The maximum atomic E-state index is 13.5. The van der Waals surface area contributed by atoms with Gasteiger partial charge < -0.3 is 14.5 Å². The Balaban J connectivity index is 1.48. The summed E-state index contributed by atoms with van der Waals surface area (Å²) in [5, 5.41) is 0. The summed E-state index contributed by atoms with van der Waals surface area (Å²) < 4.78 is 5.22. The van der Waals surface area contributed by atoms with Crippen molar-refractivity contribution < 1.29 is 19.1 Å². The molecule has 2 heterocycles. The van der Waals surface area contributed by atoms with Crippen LogP contribution in [0.15, 0.2) is 48.5 Å². The lowest BCUT2D eigenvalue weighted by atomic mass is 9.93. The molecule has 3 amide bonds. The summed E-state index contributed by atoms with van der Waals surface area (Å²) in [6.07, 6.45) is 0.143. The normalized spacial score (nSPS) is 17.4. The van der Waals surface area contributed by atoms with Gasteiger partial charge in [0.1, 0.15) is 11.8 Å². The molecule has 2 aromatic carbocycles. The van der Waals surface area contributed by atoms with Gasteiger partial charge in [-0.15, -0.1) is 0 Å². The van der Waals surface area contributed by atoms with Crippen LogP contribution in [0.1, 0.15) is 29.8 Å². The minimum atomic E-state index is -0.795. The maximum absolute atomic E-state index is 13.5. The number of fused-ring (bicyclic) bond motifs is 1. The molecule has 2 aromatic rings. The van der Waals surface area contributed by atoms with Crippen molar-refractivity contribution in [3.8, 4) is 5.75 Å². The summed E-state index contributed by atoms with van der Waals surface area (Å²) in [7, 11) is 1.64. The molecule has 32 heavy (non-hydrogen) atoms. The summed E-state index contributed by atoms with van der Waals surface area (Å²) in [4.78, 5) is 44.8. The number of piperazine rings is 1. The van der Waals surface area contributed by atoms with Crippen LogP contribution in [-0.2, 0) is 16.0 Å². The number of nitrogens with zero attached hydrogens (tertiary/aromatic N) is 3. The van der Waals surface area contributed by atoms with Gasteiger partial charge >= 0.3 is 0 Å². The lowest BCUT2D eigenvalue weighted by molar-refractivity contribution is -0.145. The van der Waals surface area contributed by atoms with Gasteiger partial charge in [0.25, 0.3) is 5.91 Å². The van der Waals surface area contributed by atoms with Crippen molar-refractivity contribution >= 4 is 23.4 Å². The summed E-state index contributed by atoms with van der Waals surface area (Å²) in [6, 6.07) is 14.2. The fourth-order valence-electron chi connectivity index (χ4n) is 4.51. The molecule has 0 saturated carbocycles. The standard InChI is InChI=1S/C25H29N3O4/c1-17(2)23(28-22(29)16-18-6-4-5-7-21(18)24(28)30)25(31)27-14-12-26(13-15-27)19-8-10-20(32-3)11-9-19/h4-11,17,23H,12-16H2,1-3H3. The van der Waals surface area contributed by atoms with E-state index in [-0.39, 0.29) is 30.1 Å². The van der Waals surface area contributed by atoms with Gasteiger partial charge in [-0.2, -0.15) is 0 Å². The van der Waals surface area contributed by atoms with Crippen LogP contribution in [0.2, 0.25) is 0 Å². The fourth-order valence-corrected chi connectivity index (χ4v) is 4.51. The predicted molar refractivity (Wildman–Crippen MR) is 122 cm³/mol. The molecular formula is C25H29N3O4. The Bertz CT molecular complexity index is 1010. The van der Waals surface area contributed by atoms with Gasteiger partial charge in [-0.1, -0.05) is 32.0 Å². The number of ether oxygens (including phenoxy) is 1. The van der Waals surface area contributed by atoms with Crippen LogP contribution in [0.3, 0.4) is 0 Å². The SMILES string of the molecule is COc1ccc(N2CCN(C(=O)C(C(C)C)N3C(=O)Cc4ccccc4C3=O)CC2)cc1. The number of hydrogen-bond donors (Lipinski definition) is 0. The Hall–Kier alpha value is -3.35. The number of methoxy groups -OCH3 is 1. The fraction of sp³-hybridized carbons (Fsp3) is 0.400. The van der Waals surface area contributed by atoms with Gasteiger partial charge in [0.05, 0.1) is 13.5 Å². The Morgan fingerprint density at radius 3 is 2.22 bits per heavy atom. The molecule has 0 N–H and O–H groups in total. The minimum absolute atomic E-state index is 0.143. The van der Waals surface area contributed by atoms with Crippen LogP contribution in [0.25, 0.3) is 0 Å². The van der Waals surface area contributed by atoms with Crippen LogP contribution in [0.5, 0.6) is 5.75 Å². The average Bonchev–Trinajstić information content (AvgIpc) is 2.81. The Labute approximate surface area is 188 Å². The molecule has 1 atom stereocenters. The first-order valence-electron chi connectivity index (χ1n) is 11.0. The average molecular weight is 436 g/mol. The van der Waals surface area contributed by atoms with E-state index >= 15 is 0 Å². The highest BCUT2D eigenvalue weighted by Gasteiger charge is 2.42. The molecule has 0 aliphatic carbocycles. The number of imide groups is 1. The van der Waals surface area contributed by atoms with E-state index in [1.807, 2.05) is 44.2 Å². The monoisotopic (exact) mass is 435 g/mol. The van der Waals surface area contributed by atoms with E-state index < -0.39 is 6.04 Å². The van der Waals surface area contributed by atoms with Gasteiger partial charge in [0, 0.05) is 37.4 Å². The van der Waals surface area contributed by atoms with Gasteiger partial charge in [-0.3, -0.25) is 19.3 Å². The number of anilines is 1. The highest BCUT2D eigenvalue weighted by atomic mass is 16.5. The minimum Gasteiger partial charge on any atom is -0.497 e.